The number of nitrogens with one attached hydrogen (secondary N) is 2. The zero-order valence-corrected chi connectivity index (χ0v) is 15.2. The molecule has 9 heteroatoms. The normalized spacial score (nSPS) is 13.2. The van der Waals surface area contributed by atoms with E-state index >= 15 is 0 Å². The van der Waals surface area contributed by atoms with Gasteiger partial charge in [-0.3, -0.25) is 0 Å². The number of fused-ring (bicyclic) bond motifs is 1. The molecule has 0 saturated carbocycles. The van der Waals surface area contributed by atoms with Crippen molar-refractivity contribution in [2.24, 2.45) is 0 Å². The van der Waals surface area contributed by atoms with Crippen LogP contribution in [0.25, 0.3) is 10.9 Å². The molecule has 29 heavy (non-hydrogen) atoms. The highest BCUT2D eigenvalue weighted by molar-refractivity contribution is 6.08. The molecule has 2 aromatic carbocycles. The Morgan fingerprint density at radius 1 is 0.931 bits per heavy atom. The molecule has 2 atom stereocenters. The predicted octanol–water partition coefficient (Wildman–Crippen LogP) is 1.56. The molecule has 0 aliphatic carbocycles. The first kappa shape index (κ1) is 20.3. The molecule has 0 aliphatic heterocycles. The molecule has 7 N–H and O–H groups in total. The van der Waals surface area contributed by atoms with E-state index < -0.39 is 30.8 Å². The number of carboxylic acids is 2. The molecule has 0 amide bonds. The Labute approximate surface area is 164 Å². The molecule has 152 valence electrons. The summed E-state index contributed by atoms with van der Waals surface area (Å²) in [5.41, 5.74) is 1.31. The van der Waals surface area contributed by atoms with E-state index in [-0.39, 0.29) is 28.8 Å². The first-order valence-corrected chi connectivity index (χ1v) is 8.76. The van der Waals surface area contributed by atoms with Crippen molar-refractivity contribution in [1.82, 2.24) is 4.98 Å². The molecule has 0 bridgehead atoms. The number of rotatable bonds is 8. The minimum atomic E-state index is -1.39. The van der Waals surface area contributed by atoms with Gasteiger partial charge in [0.25, 0.3) is 0 Å². The largest absolute Gasteiger partial charge is 0.478 e. The van der Waals surface area contributed by atoms with Crippen molar-refractivity contribution < 1.29 is 35.1 Å². The summed E-state index contributed by atoms with van der Waals surface area (Å²) in [5.74, 6) is -2.30. The third-order valence-corrected chi connectivity index (χ3v) is 4.60. The number of aromatic nitrogens is 1. The van der Waals surface area contributed by atoms with E-state index in [0.717, 1.165) is 0 Å². The van der Waals surface area contributed by atoms with Crippen LogP contribution in [0.15, 0.2) is 42.5 Å². The second-order valence-corrected chi connectivity index (χ2v) is 6.51. The van der Waals surface area contributed by atoms with E-state index in [4.69, 9.17) is 5.11 Å². The van der Waals surface area contributed by atoms with Gasteiger partial charge >= 0.3 is 11.9 Å². The number of aliphatic hydroxyl groups is 3. The van der Waals surface area contributed by atoms with Crippen LogP contribution in [0.2, 0.25) is 0 Å². The zero-order chi connectivity index (χ0) is 21.1. The Morgan fingerprint density at radius 2 is 1.59 bits per heavy atom. The van der Waals surface area contributed by atoms with Crippen LogP contribution in [0, 0.1) is 0 Å². The SMILES string of the molecule is O=C(O)c1ccccc1Nc1c(C[C@H](O)[C@H](O)CO)[nH]c2c(C(=O)O)cccc12. The zero-order valence-electron chi connectivity index (χ0n) is 15.2. The van der Waals surface area contributed by atoms with Gasteiger partial charge in [0.2, 0.25) is 0 Å². The van der Waals surface area contributed by atoms with E-state index in [1.54, 1.807) is 30.3 Å². The second kappa shape index (κ2) is 8.31. The van der Waals surface area contributed by atoms with Gasteiger partial charge in [-0.1, -0.05) is 24.3 Å². The van der Waals surface area contributed by atoms with Crippen molar-refractivity contribution in [1.29, 1.82) is 0 Å². The Kier molecular flexibility index (Phi) is 5.83. The number of para-hydroxylation sites is 2. The van der Waals surface area contributed by atoms with Crippen LogP contribution in [0.4, 0.5) is 11.4 Å². The molecule has 0 spiro atoms. The van der Waals surface area contributed by atoms with Crippen LogP contribution in [-0.2, 0) is 6.42 Å². The smallest absolute Gasteiger partial charge is 0.337 e. The van der Waals surface area contributed by atoms with Crippen LogP contribution < -0.4 is 5.32 Å². The molecule has 3 rings (SSSR count). The standard InChI is InChI=1S/C20H20N2O7/c23-9-16(25)15(24)8-14-18(21-13-7-2-1-4-10(13)19(26)27)11-5-3-6-12(20(28)29)17(11)22-14/h1-7,15-16,21-25H,8-9H2,(H,26,27)(H,28,29)/t15-,16+/m0/s1. The molecule has 1 aromatic heterocycles. The van der Waals surface area contributed by atoms with Crippen molar-refractivity contribution in [2.75, 3.05) is 11.9 Å². The highest BCUT2D eigenvalue weighted by atomic mass is 16.4. The Hall–Kier alpha value is -3.40. The Morgan fingerprint density at radius 3 is 2.24 bits per heavy atom. The third-order valence-electron chi connectivity index (χ3n) is 4.60. The number of aromatic amines is 1. The molecule has 0 radical (unpaired) electrons. The molecule has 0 fully saturated rings. The van der Waals surface area contributed by atoms with E-state index in [0.29, 0.717) is 16.8 Å². The van der Waals surface area contributed by atoms with Crippen LogP contribution >= 0.6 is 0 Å². The van der Waals surface area contributed by atoms with Gasteiger partial charge in [0.1, 0.15) is 6.10 Å². The summed E-state index contributed by atoms with van der Waals surface area (Å²) in [6.07, 6.45) is -2.84. The van der Waals surface area contributed by atoms with Crippen LogP contribution in [-0.4, -0.2) is 61.3 Å². The summed E-state index contributed by atoms with van der Waals surface area (Å²) in [7, 11) is 0. The molecule has 0 aliphatic rings. The van der Waals surface area contributed by atoms with Crippen molar-refractivity contribution in [3.8, 4) is 0 Å². The number of hydrogen-bond donors (Lipinski definition) is 7. The van der Waals surface area contributed by atoms with Crippen molar-refractivity contribution in [3.63, 3.8) is 0 Å². The fourth-order valence-electron chi connectivity index (χ4n) is 3.13. The first-order chi connectivity index (χ1) is 13.8. The lowest BCUT2D eigenvalue weighted by atomic mass is 10.1. The van der Waals surface area contributed by atoms with Gasteiger partial charge in [-0.2, -0.15) is 0 Å². The highest BCUT2D eigenvalue weighted by Gasteiger charge is 2.23. The summed E-state index contributed by atoms with van der Waals surface area (Å²) >= 11 is 0. The predicted molar refractivity (Wildman–Crippen MR) is 105 cm³/mol. The Bertz CT molecular complexity index is 1060. The average molecular weight is 400 g/mol. The highest BCUT2D eigenvalue weighted by Crippen LogP contribution is 2.34. The molecule has 0 saturated heterocycles. The summed E-state index contributed by atoms with van der Waals surface area (Å²) in [6, 6.07) is 10.8. The summed E-state index contributed by atoms with van der Waals surface area (Å²) in [4.78, 5) is 26.0. The topological polar surface area (TPSA) is 163 Å². The maximum atomic E-state index is 11.6. The monoisotopic (exact) mass is 400 g/mol. The molecule has 1 heterocycles. The third kappa shape index (κ3) is 4.06. The summed E-state index contributed by atoms with van der Waals surface area (Å²) in [5, 5.41) is 51.3. The van der Waals surface area contributed by atoms with Crippen LogP contribution in [0.1, 0.15) is 26.4 Å². The van der Waals surface area contributed by atoms with Gasteiger partial charge in [0.05, 0.1) is 40.7 Å². The lowest BCUT2D eigenvalue weighted by Gasteiger charge is -2.17. The van der Waals surface area contributed by atoms with Gasteiger partial charge in [-0.05, 0) is 18.2 Å². The van der Waals surface area contributed by atoms with E-state index in [1.165, 1.54) is 12.1 Å². The quantitative estimate of drug-likeness (QED) is 0.299. The number of hydrogen-bond acceptors (Lipinski definition) is 6. The van der Waals surface area contributed by atoms with Gasteiger partial charge in [-0.25, -0.2) is 9.59 Å². The maximum Gasteiger partial charge on any atom is 0.337 e. The number of benzene rings is 2. The average Bonchev–Trinajstić information content (AvgIpc) is 3.04. The van der Waals surface area contributed by atoms with Crippen molar-refractivity contribution in [3.05, 3.63) is 59.3 Å². The molecule has 0 unspecified atom stereocenters. The fourth-order valence-corrected chi connectivity index (χ4v) is 3.13. The minimum absolute atomic E-state index is 0.000478. The lowest BCUT2D eigenvalue weighted by molar-refractivity contribution is -0.0135. The second-order valence-electron chi connectivity index (χ2n) is 6.51. The van der Waals surface area contributed by atoms with Crippen molar-refractivity contribution >= 4 is 34.2 Å². The summed E-state index contributed by atoms with van der Waals surface area (Å²) < 4.78 is 0. The molecule has 9 nitrogen and oxygen atoms in total. The van der Waals surface area contributed by atoms with Crippen molar-refractivity contribution in [2.45, 2.75) is 18.6 Å². The first-order valence-electron chi connectivity index (χ1n) is 8.76. The number of anilines is 2. The van der Waals surface area contributed by atoms with Gasteiger partial charge in [-0.15, -0.1) is 0 Å². The number of carboxylic acid groups (broad SMARTS) is 2. The maximum absolute atomic E-state index is 11.6. The lowest BCUT2D eigenvalue weighted by Crippen LogP contribution is -2.31. The van der Waals surface area contributed by atoms with E-state index in [2.05, 4.69) is 10.3 Å². The number of H-pyrrole nitrogens is 1. The molecule has 3 aromatic rings. The van der Waals surface area contributed by atoms with Gasteiger partial charge in [0.15, 0.2) is 0 Å². The minimum Gasteiger partial charge on any atom is -0.478 e. The fraction of sp³-hybridized carbons (Fsp3) is 0.200. The van der Waals surface area contributed by atoms with E-state index in [9.17, 15) is 30.0 Å². The number of carbonyl (C=O) groups is 2. The van der Waals surface area contributed by atoms with Crippen LogP contribution in [0.3, 0.4) is 0 Å². The van der Waals surface area contributed by atoms with Crippen LogP contribution in [0.5, 0.6) is 0 Å². The van der Waals surface area contributed by atoms with Gasteiger partial charge < -0.3 is 35.8 Å². The summed E-state index contributed by atoms with van der Waals surface area (Å²) in [6.45, 7) is -0.646. The number of aliphatic hydroxyl groups excluding tert-OH is 3. The van der Waals surface area contributed by atoms with Gasteiger partial charge in [0, 0.05) is 17.5 Å². The number of aromatic carboxylic acids is 2. The molecular formula is C20H20N2O7. The molecular weight excluding hydrogens is 380 g/mol. The van der Waals surface area contributed by atoms with E-state index in [1.807, 2.05) is 0 Å². The Balaban J connectivity index is 2.15.